The van der Waals surface area contributed by atoms with Gasteiger partial charge in [0.2, 0.25) is 5.95 Å². The maximum absolute atomic E-state index is 13.9. The minimum Gasteiger partial charge on any atom is -0.369 e. The van der Waals surface area contributed by atoms with Crippen molar-refractivity contribution in [3.8, 4) is 0 Å². The first-order valence-electron chi connectivity index (χ1n) is 10.2. The smallest absolute Gasteiger partial charge is 0.369 e. The lowest BCUT2D eigenvalue weighted by Crippen LogP contribution is -2.44. The number of benzene rings is 1. The van der Waals surface area contributed by atoms with Crippen LogP contribution in [0.1, 0.15) is 10.4 Å². The second kappa shape index (κ2) is 9.58. The number of nitrogens with one attached hydrogen (secondary N) is 2. The summed E-state index contributed by atoms with van der Waals surface area (Å²) in [5.41, 5.74) is 0.374. The van der Waals surface area contributed by atoms with Gasteiger partial charge in [0, 0.05) is 36.7 Å². The van der Waals surface area contributed by atoms with E-state index in [2.05, 4.69) is 32.1 Å². The second-order valence-electron chi connectivity index (χ2n) is 7.56. The van der Waals surface area contributed by atoms with Crippen molar-refractivity contribution in [2.24, 2.45) is 0 Å². The Bertz CT molecular complexity index is 1140. The highest BCUT2D eigenvalue weighted by Crippen LogP contribution is 2.39. The molecule has 3 aromatic rings. The van der Waals surface area contributed by atoms with Crippen LogP contribution in [0.15, 0.2) is 42.4 Å². The normalized spacial score (nSPS) is 14.9. The van der Waals surface area contributed by atoms with E-state index >= 15 is 0 Å². The van der Waals surface area contributed by atoms with Gasteiger partial charge in [0.15, 0.2) is 5.82 Å². The summed E-state index contributed by atoms with van der Waals surface area (Å²) in [6.07, 6.45) is -1.52. The number of likely N-dealkylation sites (N-methyl/N-ethyl adjacent to an activating group) is 1. The summed E-state index contributed by atoms with van der Waals surface area (Å²) in [4.78, 5) is 13.3. The highest BCUT2D eigenvalue weighted by molar-refractivity contribution is 7.11. The molecular formula is C22H22ClF3N6S. The number of hydrogen-bond donors (Lipinski definition) is 2. The number of piperazine rings is 1. The number of anilines is 5. The van der Waals surface area contributed by atoms with Gasteiger partial charge in [-0.2, -0.15) is 18.2 Å². The van der Waals surface area contributed by atoms with E-state index in [0.717, 1.165) is 23.7 Å². The Morgan fingerprint density at radius 3 is 2.58 bits per heavy atom. The molecule has 1 aliphatic heterocycles. The summed E-state index contributed by atoms with van der Waals surface area (Å²) in [6, 6.07) is 6.10. The first kappa shape index (κ1) is 23.3. The van der Waals surface area contributed by atoms with E-state index in [-0.39, 0.29) is 22.5 Å². The van der Waals surface area contributed by atoms with Crippen molar-refractivity contribution in [2.45, 2.75) is 6.18 Å². The molecule has 0 amide bonds. The van der Waals surface area contributed by atoms with E-state index in [1.165, 1.54) is 29.7 Å². The van der Waals surface area contributed by atoms with Crippen LogP contribution in [0.3, 0.4) is 0 Å². The molecule has 1 fully saturated rings. The quantitative estimate of drug-likeness (QED) is 0.432. The summed E-state index contributed by atoms with van der Waals surface area (Å²) in [6.45, 7) is 6.70. The van der Waals surface area contributed by atoms with Gasteiger partial charge < -0.3 is 20.4 Å². The van der Waals surface area contributed by atoms with E-state index in [4.69, 9.17) is 11.6 Å². The van der Waals surface area contributed by atoms with Crippen LogP contribution < -0.4 is 15.5 Å². The maximum atomic E-state index is 13.9. The standard InChI is InChI=1S/C22H22ClF3N6S/c1-3-19-18(6-11-33-19)28-20-16(23)13-27-21(30-20)29-17-5-4-14(12-15(17)22(24,25)26)32-9-7-31(2)8-10-32/h3-6,11-13H,1,7-10H2,2H3,(H2,27,28,29,30). The molecule has 0 spiro atoms. The molecule has 4 rings (SSSR count). The van der Waals surface area contributed by atoms with Crippen molar-refractivity contribution in [1.82, 2.24) is 14.9 Å². The molecule has 1 aliphatic rings. The van der Waals surface area contributed by atoms with Gasteiger partial charge in [0.1, 0.15) is 5.02 Å². The van der Waals surface area contributed by atoms with E-state index in [1.807, 2.05) is 23.4 Å². The Balaban J connectivity index is 1.61. The molecule has 1 aromatic carbocycles. The van der Waals surface area contributed by atoms with Crippen LogP contribution in [0.25, 0.3) is 6.08 Å². The molecule has 0 unspecified atom stereocenters. The van der Waals surface area contributed by atoms with Gasteiger partial charge in [0.05, 0.1) is 23.1 Å². The number of rotatable bonds is 6. The predicted molar refractivity (Wildman–Crippen MR) is 129 cm³/mol. The molecule has 2 aromatic heterocycles. The summed E-state index contributed by atoms with van der Waals surface area (Å²) in [7, 11) is 2.00. The first-order chi connectivity index (χ1) is 15.7. The molecule has 2 N–H and O–H groups in total. The molecule has 33 heavy (non-hydrogen) atoms. The average molecular weight is 495 g/mol. The third kappa shape index (κ3) is 5.40. The number of aromatic nitrogens is 2. The van der Waals surface area contributed by atoms with Crippen LogP contribution >= 0.6 is 22.9 Å². The van der Waals surface area contributed by atoms with Gasteiger partial charge in [0.25, 0.3) is 0 Å². The van der Waals surface area contributed by atoms with E-state index in [9.17, 15) is 13.2 Å². The fraction of sp³-hybridized carbons (Fsp3) is 0.273. The lowest BCUT2D eigenvalue weighted by atomic mass is 10.1. The number of thiophene rings is 1. The number of nitrogens with zero attached hydrogens (tertiary/aromatic N) is 4. The highest BCUT2D eigenvalue weighted by atomic mass is 35.5. The number of alkyl halides is 3. The Morgan fingerprint density at radius 2 is 1.88 bits per heavy atom. The molecule has 11 heteroatoms. The SMILES string of the molecule is C=Cc1sccc1Nc1nc(Nc2ccc(N3CCN(C)CC3)cc2C(F)(F)F)ncc1Cl. The Kier molecular flexibility index (Phi) is 6.78. The zero-order chi connectivity index (χ0) is 23.6. The minimum atomic E-state index is -4.55. The van der Waals surface area contributed by atoms with E-state index in [0.29, 0.717) is 18.8 Å². The van der Waals surface area contributed by atoms with Crippen molar-refractivity contribution in [2.75, 3.05) is 48.8 Å². The summed E-state index contributed by atoms with van der Waals surface area (Å²) >= 11 is 7.69. The lowest BCUT2D eigenvalue weighted by Gasteiger charge is -2.34. The zero-order valence-electron chi connectivity index (χ0n) is 17.8. The minimum absolute atomic E-state index is 0.00451. The summed E-state index contributed by atoms with van der Waals surface area (Å²) in [5.74, 6) is 0.272. The topological polar surface area (TPSA) is 56.3 Å². The third-order valence-electron chi connectivity index (χ3n) is 5.30. The second-order valence-corrected chi connectivity index (χ2v) is 8.92. The van der Waals surface area contributed by atoms with Gasteiger partial charge in [-0.15, -0.1) is 11.3 Å². The van der Waals surface area contributed by atoms with Gasteiger partial charge in [-0.05, 0) is 36.7 Å². The molecule has 0 atom stereocenters. The Hall–Kier alpha value is -2.82. The van der Waals surface area contributed by atoms with Crippen LogP contribution in [0.5, 0.6) is 0 Å². The first-order valence-corrected chi connectivity index (χ1v) is 11.4. The molecule has 1 saturated heterocycles. The van der Waals surface area contributed by atoms with Gasteiger partial charge >= 0.3 is 6.18 Å². The van der Waals surface area contributed by atoms with Crippen LogP contribution in [0.4, 0.5) is 42.0 Å². The van der Waals surface area contributed by atoms with Gasteiger partial charge in [-0.25, -0.2) is 4.98 Å². The maximum Gasteiger partial charge on any atom is 0.418 e. The fourth-order valence-corrected chi connectivity index (χ4v) is 4.31. The number of halogens is 4. The molecule has 3 heterocycles. The molecule has 0 bridgehead atoms. The van der Waals surface area contributed by atoms with Gasteiger partial charge in [-0.1, -0.05) is 24.3 Å². The van der Waals surface area contributed by atoms with Gasteiger partial charge in [-0.3, -0.25) is 0 Å². The van der Waals surface area contributed by atoms with Crippen molar-refractivity contribution in [1.29, 1.82) is 0 Å². The number of hydrogen-bond acceptors (Lipinski definition) is 7. The predicted octanol–water partition coefficient (Wildman–Crippen LogP) is 6.09. The highest BCUT2D eigenvalue weighted by Gasteiger charge is 2.34. The van der Waals surface area contributed by atoms with Crippen LogP contribution in [-0.4, -0.2) is 48.1 Å². The van der Waals surface area contributed by atoms with Crippen molar-refractivity contribution in [3.63, 3.8) is 0 Å². The van der Waals surface area contributed by atoms with Crippen molar-refractivity contribution in [3.05, 3.63) is 57.9 Å². The Morgan fingerprint density at radius 1 is 1.12 bits per heavy atom. The van der Waals surface area contributed by atoms with Crippen LogP contribution in [0.2, 0.25) is 5.02 Å². The Labute approximate surface area is 198 Å². The molecule has 6 nitrogen and oxygen atoms in total. The summed E-state index contributed by atoms with van der Waals surface area (Å²) < 4.78 is 41.7. The van der Waals surface area contributed by atoms with Crippen molar-refractivity contribution < 1.29 is 13.2 Å². The zero-order valence-corrected chi connectivity index (χ0v) is 19.4. The van der Waals surface area contributed by atoms with E-state index in [1.54, 1.807) is 12.1 Å². The molecule has 0 radical (unpaired) electrons. The van der Waals surface area contributed by atoms with E-state index < -0.39 is 11.7 Å². The fourth-order valence-electron chi connectivity index (χ4n) is 3.48. The lowest BCUT2D eigenvalue weighted by molar-refractivity contribution is -0.136. The average Bonchev–Trinajstić information content (AvgIpc) is 3.23. The molecular weight excluding hydrogens is 473 g/mol. The van der Waals surface area contributed by atoms with Crippen LogP contribution in [-0.2, 0) is 6.18 Å². The largest absolute Gasteiger partial charge is 0.418 e. The summed E-state index contributed by atoms with van der Waals surface area (Å²) in [5, 5.41) is 7.91. The molecule has 174 valence electrons. The molecule has 0 saturated carbocycles. The van der Waals surface area contributed by atoms with Crippen LogP contribution in [0, 0.1) is 0 Å². The van der Waals surface area contributed by atoms with Crippen molar-refractivity contribution >= 4 is 57.8 Å². The monoisotopic (exact) mass is 494 g/mol. The molecule has 0 aliphatic carbocycles. The third-order valence-corrected chi connectivity index (χ3v) is 6.49.